The summed E-state index contributed by atoms with van der Waals surface area (Å²) in [7, 11) is 0. The first-order chi connectivity index (χ1) is 8.25. The number of hydrogen-bond acceptors (Lipinski definition) is 1. The van der Waals surface area contributed by atoms with Crippen molar-refractivity contribution in [1.29, 1.82) is 0 Å². The molecule has 17 heavy (non-hydrogen) atoms. The van der Waals surface area contributed by atoms with Crippen LogP contribution in [0.4, 0.5) is 10.1 Å². The Hall–Kier alpha value is -2.16. The SMILES string of the molecule is O=C(Cc1ccccc1)Nc1ccccc1F. The first-order valence-corrected chi connectivity index (χ1v) is 5.34. The van der Waals surface area contributed by atoms with Crippen LogP contribution < -0.4 is 5.32 Å². The van der Waals surface area contributed by atoms with Gasteiger partial charge in [-0.05, 0) is 17.7 Å². The molecule has 1 amide bonds. The highest BCUT2D eigenvalue weighted by molar-refractivity contribution is 5.92. The lowest BCUT2D eigenvalue weighted by Gasteiger charge is -2.05. The molecule has 0 spiro atoms. The van der Waals surface area contributed by atoms with Gasteiger partial charge in [-0.1, -0.05) is 42.5 Å². The number of carbonyl (C=O) groups excluding carboxylic acids is 1. The molecule has 0 heterocycles. The summed E-state index contributed by atoms with van der Waals surface area (Å²) in [6, 6.07) is 15.5. The third-order valence-corrected chi connectivity index (χ3v) is 2.36. The van der Waals surface area contributed by atoms with Gasteiger partial charge < -0.3 is 5.32 Å². The number of benzene rings is 2. The summed E-state index contributed by atoms with van der Waals surface area (Å²) in [4.78, 5) is 11.7. The number of rotatable bonds is 3. The monoisotopic (exact) mass is 229 g/mol. The van der Waals surface area contributed by atoms with Gasteiger partial charge in [0, 0.05) is 0 Å². The number of anilines is 1. The highest BCUT2D eigenvalue weighted by atomic mass is 19.1. The molecule has 2 nitrogen and oxygen atoms in total. The summed E-state index contributed by atoms with van der Waals surface area (Å²) in [5.41, 5.74) is 1.12. The Balaban J connectivity index is 2.01. The average molecular weight is 229 g/mol. The third kappa shape index (κ3) is 3.14. The van der Waals surface area contributed by atoms with E-state index >= 15 is 0 Å². The number of hydrogen-bond donors (Lipinski definition) is 1. The van der Waals surface area contributed by atoms with Crippen LogP contribution in [0.2, 0.25) is 0 Å². The van der Waals surface area contributed by atoms with Crippen LogP contribution in [0, 0.1) is 5.82 Å². The molecule has 0 radical (unpaired) electrons. The Bertz CT molecular complexity index is 511. The van der Waals surface area contributed by atoms with Crippen molar-refractivity contribution in [1.82, 2.24) is 0 Å². The molecule has 3 heteroatoms. The molecule has 86 valence electrons. The van der Waals surface area contributed by atoms with Crippen molar-refractivity contribution in [3.8, 4) is 0 Å². The predicted octanol–water partition coefficient (Wildman–Crippen LogP) is 3.01. The summed E-state index contributed by atoms with van der Waals surface area (Å²) in [5, 5.41) is 2.54. The second-order valence-corrected chi connectivity index (χ2v) is 3.69. The number of carbonyl (C=O) groups is 1. The van der Waals surface area contributed by atoms with Crippen molar-refractivity contribution in [3.63, 3.8) is 0 Å². The molecule has 2 aromatic carbocycles. The minimum absolute atomic E-state index is 0.216. The second-order valence-electron chi connectivity index (χ2n) is 3.69. The van der Waals surface area contributed by atoms with Crippen LogP contribution in [0.15, 0.2) is 54.6 Å². The summed E-state index contributed by atoms with van der Waals surface area (Å²) in [6.07, 6.45) is 0.245. The topological polar surface area (TPSA) is 29.1 Å². The number of amides is 1. The fourth-order valence-corrected chi connectivity index (χ4v) is 1.54. The number of halogens is 1. The predicted molar refractivity (Wildman–Crippen MR) is 65.2 cm³/mol. The van der Waals surface area contributed by atoms with Gasteiger partial charge in [-0.2, -0.15) is 0 Å². The van der Waals surface area contributed by atoms with E-state index in [0.29, 0.717) is 0 Å². The van der Waals surface area contributed by atoms with Crippen LogP contribution in [0.1, 0.15) is 5.56 Å². The zero-order chi connectivity index (χ0) is 12.1. The van der Waals surface area contributed by atoms with Crippen molar-refractivity contribution >= 4 is 11.6 Å². The van der Waals surface area contributed by atoms with Gasteiger partial charge in [0.2, 0.25) is 5.91 Å². The lowest BCUT2D eigenvalue weighted by molar-refractivity contribution is -0.115. The van der Waals surface area contributed by atoms with Crippen molar-refractivity contribution in [2.75, 3.05) is 5.32 Å². The summed E-state index contributed by atoms with van der Waals surface area (Å²) >= 11 is 0. The van der Waals surface area contributed by atoms with Crippen LogP contribution in [0.25, 0.3) is 0 Å². The summed E-state index contributed by atoms with van der Waals surface area (Å²) < 4.78 is 13.3. The third-order valence-electron chi connectivity index (χ3n) is 2.36. The summed E-state index contributed by atoms with van der Waals surface area (Å²) in [6.45, 7) is 0. The van der Waals surface area contributed by atoms with Crippen molar-refractivity contribution in [2.45, 2.75) is 6.42 Å². The molecule has 0 fully saturated rings. The highest BCUT2D eigenvalue weighted by Gasteiger charge is 2.06. The molecule has 0 aliphatic heterocycles. The highest BCUT2D eigenvalue weighted by Crippen LogP contribution is 2.12. The molecular weight excluding hydrogens is 217 g/mol. The Morgan fingerprint density at radius 1 is 1.00 bits per heavy atom. The van der Waals surface area contributed by atoms with E-state index in [1.165, 1.54) is 12.1 Å². The van der Waals surface area contributed by atoms with Crippen molar-refractivity contribution in [2.24, 2.45) is 0 Å². The maximum atomic E-state index is 13.3. The maximum absolute atomic E-state index is 13.3. The quantitative estimate of drug-likeness (QED) is 0.861. The van der Waals surface area contributed by atoms with Crippen LogP contribution >= 0.6 is 0 Å². The first kappa shape index (κ1) is 11.3. The van der Waals surface area contributed by atoms with Gasteiger partial charge in [-0.3, -0.25) is 4.79 Å². The molecule has 0 aromatic heterocycles. The lowest BCUT2D eigenvalue weighted by atomic mass is 10.1. The normalized spacial score (nSPS) is 9.94. The zero-order valence-corrected chi connectivity index (χ0v) is 9.19. The maximum Gasteiger partial charge on any atom is 0.228 e. The van der Waals surface area contributed by atoms with Crippen LogP contribution in [-0.2, 0) is 11.2 Å². The minimum Gasteiger partial charge on any atom is -0.323 e. The van der Waals surface area contributed by atoms with E-state index < -0.39 is 5.82 Å². The standard InChI is InChI=1S/C14H12FNO/c15-12-8-4-5-9-13(12)16-14(17)10-11-6-2-1-3-7-11/h1-9H,10H2,(H,16,17). The summed E-state index contributed by atoms with van der Waals surface area (Å²) in [5.74, 6) is -0.643. The van der Waals surface area contributed by atoms with Gasteiger partial charge in [0.05, 0.1) is 12.1 Å². The van der Waals surface area contributed by atoms with E-state index in [2.05, 4.69) is 5.32 Å². The molecular formula is C14H12FNO. The molecule has 0 saturated heterocycles. The fraction of sp³-hybridized carbons (Fsp3) is 0.0714. The molecule has 0 atom stereocenters. The van der Waals surface area contributed by atoms with Crippen LogP contribution in [0.3, 0.4) is 0 Å². The molecule has 1 N–H and O–H groups in total. The van der Waals surface area contributed by atoms with E-state index in [1.807, 2.05) is 30.3 Å². The van der Waals surface area contributed by atoms with E-state index in [1.54, 1.807) is 12.1 Å². The molecule has 0 unspecified atom stereocenters. The van der Waals surface area contributed by atoms with Gasteiger partial charge in [-0.25, -0.2) is 4.39 Å². The molecule has 2 aromatic rings. The zero-order valence-electron chi connectivity index (χ0n) is 9.19. The molecule has 0 aliphatic carbocycles. The van der Waals surface area contributed by atoms with Crippen molar-refractivity contribution < 1.29 is 9.18 Å². The van der Waals surface area contributed by atoms with E-state index in [0.717, 1.165) is 5.56 Å². The van der Waals surface area contributed by atoms with E-state index in [9.17, 15) is 9.18 Å². The Morgan fingerprint density at radius 2 is 1.65 bits per heavy atom. The van der Waals surface area contributed by atoms with E-state index in [4.69, 9.17) is 0 Å². The fourth-order valence-electron chi connectivity index (χ4n) is 1.54. The lowest BCUT2D eigenvalue weighted by Crippen LogP contribution is -2.15. The van der Waals surface area contributed by atoms with Crippen LogP contribution in [0.5, 0.6) is 0 Å². The van der Waals surface area contributed by atoms with E-state index in [-0.39, 0.29) is 18.0 Å². The average Bonchev–Trinajstić information content (AvgIpc) is 2.33. The van der Waals surface area contributed by atoms with Crippen LogP contribution in [-0.4, -0.2) is 5.91 Å². The van der Waals surface area contributed by atoms with Gasteiger partial charge in [0.1, 0.15) is 5.82 Å². The number of para-hydroxylation sites is 1. The molecule has 0 saturated carbocycles. The van der Waals surface area contributed by atoms with Gasteiger partial charge >= 0.3 is 0 Å². The second kappa shape index (κ2) is 5.25. The smallest absolute Gasteiger partial charge is 0.228 e. The minimum atomic E-state index is -0.422. The molecule has 2 rings (SSSR count). The Kier molecular flexibility index (Phi) is 3.50. The molecule has 0 aliphatic rings. The van der Waals surface area contributed by atoms with Gasteiger partial charge in [0.25, 0.3) is 0 Å². The van der Waals surface area contributed by atoms with Gasteiger partial charge in [0.15, 0.2) is 0 Å². The first-order valence-electron chi connectivity index (χ1n) is 5.34. The molecule has 0 bridgehead atoms. The Labute approximate surface area is 99.1 Å². The largest absolute Gasteiger partial charge is 0.323 e. The number of nitrogens with one attached hydrogen (secondary N) is 1. The van der Waals surface area contributed by atoms with Gasteiger partial charge in [-0.15, -0.1) is 0 Å². The van der Waals surface area contributed by atoms with Crippen molar-refractivity contribution in [3.05, 3.63) is 66.0 Å². The Morgan fingerprint density at radius 3 is 2.35 bits per heavy atom.